The predicted octanol–water partition coefficient (Wildman–Crippen LogP) is 2.71. The zero-order valence-electron chi connectivity index (χ0n) is 8.22. The van der Waals surface area contributed by atoms with Crippen LogP contribution < -0.4 is 10.1 Å². The second-order valence-electron chi connectivity index (χ2n) is 3.61. The standard InChI is InChI=1S/C11H14BrNO/c1-14-11-5-2-9(12)6-8(11)7-13-10-3-4-10/h2,5-6,10,13H,3-4,7H2,1H3. The number of halogens is 1. The monoisotopic (exact) mass is 255 g/mol. The van der Waals surface area contributed by atoms with Crippen LogP contribution in [0.25, 0.3) is 0 Å². The first-order chi connectivity index (χ1) is 6.79. The van der Waals surface area contributed by atoms with Crippen LogP contribution >= 0.6 is 15.9 Å². The summed E-state index contributed by atoms with van der Waals surface area (Å²) in [5.74, 6) is 0.960. The molecular formula is C11H14BrNO. The van der Waals surface area contributed by atoms with Gasteiger partial charge in [0.25, 0.3) is 0 Å². The molecule has 1 aliphatic carbocycles. The number of ether oxygens (including phenoxy) is 1. The fraction of sp³-hybridized carbons (Fsp3) is 0.455. The minimum absolute atomic E-state index is 0.735. The van der Waals surface area contributed by atoms with Crippen LogP contribution in [0.3, 0.4) is 0 Å². The Morgan fingerprint density at radius 2 is 2.29 bits per heavy atom. The maximum Gasteiger partial charge on any atom is 0.123 e. The molecule has 0 atom stereocenters. The first-order valence-electron chi connectivity index (χ1n) is 4.85. The van der Waals surface area contributed by atoms with Gasteiger partial charge in [0.2, 0.25) is 0 Å². The second kappa shape index (κ2) is 4.32. The van der Waals surface area contributed by atoms with Crippen LogP contribution in [-0.2, 0) is 6.54 Å². The van der Waals surface area contributed by atoms with Gasteiger partial charge in [0.15, 0.2) is 0 Å². The maximum atomic E-state index is 5.29. The quantitative estimate of drug-likeness (QED) is 0.894. The Morgan fingerprint density at radius 1 is 1.50 bits per heavy atom. The summed E-state index contributed by atoms with van der Waals surface area (Å²) in [6.45, 7) is 0.896. The van der Waals surface area contributed by atoms with Crippen molar-refractivity contribution in [3.63, 3.8) is 0 Å². The van der Waals surface area contributed by atoms with E-state index in [4.69, 9.17) is 4.74 Å². The summed E-state index contributed by atoms with van der Waals surface area (Å²) in [7, 11) is 1.71. The molecule has 0 unspecified atom stereocenters. The summed E-state index contributed by atoms with van der Waals surface area (Å²) >= 11 is 3.46. The summed E-state index contributed by atoms with van der Waals surface area (Å²) in [6.07, 6.45) is 2.63. The zero-order valence-corrected chi connectivity index (χ0v) is 9.80. The molecule has 1 aromatic rings. The lowest BCUT2D eigenvalue weighted by Crippen LogP contribution is -2.15. The third-order valence-electron chi connectivity index (χ3n) is 2.40. The molecule has 1 fully saturated rings. The maximum absolute atomic E-state index is 5.29. The van der Waals surface area contributed by atoms with Crippen molar-refractivity contribution in [3.8, 4) is 5.75 Å². The van der Waals surface area contributed by atoms with Gasteiger partial charge < -0.3 is 10.1 Å². The molecule has 0 radical (unpaired) electrons. The molecule has 1 N–H and O–H groups in total. The number of methoxy groups -OCH3 is 1. The van der Waals surface area contributed by atoms with Crippen LogP contribution in [-0.4, -0.2) is 13.2 Å². The summed E-state index contributed by atoms with van der Waals surface area (Å²) in [6, 6.07) is 6.83. The van der Waals surface area contributed by atoms with E-state index >= 15 is 0 Å². The lowest BCUT2D eigenvalue weighted by Gasteiger charge is -2.09. The molecule has 0 saturated heterocycles. The average molecular weight is 256 g/mol. The largest absolute Gasteiger partial charge is 0.496 e. The van der Waals surface area contributed by atoms with Crippen molar-refractivity contribution in [2.24, 2.45) is 0 Å². The summed E-state index contributed by atoms with van der Waals surface area (Å²) in [5, 5.41) is 3.47. The minimum Gasteiger partial charge on any atom is -0.496 e. The molecule has 1 saturated carbocycles. The van der Waals surface area contributed by atoms with E-state index in [-0.39, 0.29) is 0 Å². The predicted molar refractivity (Wildman–Crippen MR) is 60.6 cm³/mol. The van der Waals surface area contributed by atoms with Crippen molar-refractivity contribution < 1.29 is 4.74 Å². The van der Waals surface area contributed by atoms with Gasteiger partial charge in [0, 0.05) is 22.6 Å². The Labute approximate surface area is 92.8 Å². The SMILES string of the molecule is COc1ccc(Br)cc1CNC1CC1. The van der Waals surface area contributed by atoms with Crippen molar-refractivity contribution in [2.75, 3.05) is 7.11 Å². The van der Waals surface area contributed by atoms with E-state index in [0.29, 0.717) is 0 Å². The molecule has 1 aliphatic rings. The molecular weight excluding hydrogens is 242 g/mol. The molecule has 0 aromatic heterocycles. The van der Waals surface area contributed by atoms with Crippen molar-refractivity contribution in [1.82, 2.24) is 5.32 Å². The summed E-state index contributed by atoms with van der Waals surface area (Å²) in [5.41, 5.74) is 1.22. The first-order valence-corrected chi connectivity index (χ1v) is 5.64. The van der Waals surface area contributed by atoms with Crippen LogP contribution in [0.2, 0.25) is 0 Å². The molecule has 1 aromatic carbocycles. The van der Waals surface area contributed by atoms with Gasteiger partial charge in [0.1, 0.15) is 5.75 Å². The van der Waals surface area contributed by atoms with Crippen LogP contribution in [0, 0.1) is 0 Å². The minimum atomic E-state index is 0.735. The highest BCUT2D eigenvalue weighted by molar-refractivity contribution is 9.10. The number of rotatable bonds is 4. The van der Waals surface area contributed by atoms with Gasteiger partial charge in [0.05, 0.1) is 7.11 Å². The van der Waals surface area contributed by atoms with Gasteiger partial charge in [-0.25, -0.2) is 0 Å². The summed E-state index contributed by atoms with van der Waals surface area (Å²) in [4.78, 5) is 0. The van der Waals surface area contributed by atoms with Crippen molar-refractivity contribution >= 4 is 15.9 Å². The lowest BCUT2D eigenvalue weighted by atomic mass is 10.2. The summed E-state index contributed by atoms with van der Waals surface area (Å²) < 4.78 is 6.39. The normalized spacial score (nSPS) is 15.6. The van der Waals surface area contributed by atoms with Gasteiger partial charge in [-0.1, -0.05) is 15.9 Å². The first kappa shape index (κ1) is 9.99. The molecule has 76 valence electrons. The molecule has 0 aliphatic heterocycles. The van der Waals surface area contributed by atoms with E-state index in [0.717, 1.165) is 22.8 Å². The van der Waals surface area contributed by atoms with Gasteiger partial charge in [-0.3, -0.25) is 0 Å². The van der Waals surface area contributed by atoms with Crippen LogP contribution in [0.4, 0.5) is 0 Å². The number of nitrogens with one attached hydrogen (secondary N) is 1. The Hall–Kier alpha value is -0.540. The van der Waals surface area contributed by atoms with Gasteiger partial charge in [-0.15, -0.1) is 0 Å². The molecule has 2 rings (SSSR count). The zero-order chi connectivity index (χ0) is 9.97. The van der Waals surface area contributed by atoms with Gasteiger partial charge in [-0.05, 0) is 31.0 Å². The van der Waals surface area contributed by atoms with E-state index < -0.39 is 0 Å². The van der Waals surface area contributed by atoms with Gasteiger partial charge >= 0.3 is 0 Å². The van der Waals surface area contributed by atoms with E-state index in [2.05, 4.69) is 27.3 Å². The van der Waals surface area contributed by atoms with Crippen LogP contribution in [0.5, 0.6) is 5.75 Å². The van der Waals surface area contributed by atoms with Crippen LogP contribution in [0.15, 0.2) is 22.7 Å². The van der Waals surface area contributed by atoms with Crippen molar-refractivity contribution in [3.05, 3.63) is 28.2 Å². The number of benzene rings is 1. The highest BCUT2D eigenvalue weighted by Crippen LogP contribution is 2.25. The molecule has 0 heterocycles. The average Bonchev–Trinajstić information content (AvgIpc) is 2.98. The van der Waals surface area contributed by atoms with Crippen LogP contribution in [0.1, 0.15) is 18.4 Å². The number of hydrogen-bond donors (Lipinski definition) is 1. The Morgan fingerprint density at radius 3 is 2.93 bits per heavy atom. The second-order valence-corrected chi connectivity index (χ2v) is 4.53. The Kier molecular flexibility index (Phi) is 3.08. The molecule has 2 nitrogen and oxygen atoms in total. The molecule has 0 spiro atoms. The van der Waals surface area contributed by atoms with Crippen molar-refractivity contribution in [2.45, 2.75) is 25.4 Å². The van der Waals surface area contributed by atoms with Crippen molar-refractivity contribution in [1.29, 1.82) is 0 Å². The highest BCUT2D eigenvalue weighted by Gasteiger charge is 2.20. The third-order valence-corrected chi connectivity index (χ3v) is 2.89. The highest BCUT2D eigenvalue weighted by atomic mass is 79.9. The van der Waals surface area contributed by atoms with E-state index in [1.54, 1.807) is 7.11 Å². The molecule has 3 heteroatoms. The molecule has 14 heavy (non-hydrogen) atoms. The smallest absolute Gasteiger partial charge is 0.123 e. The molecule has 0 amide bonds. The third kappa shape index (κ3) is 2.49. The number of hydrogen-bond acceptors (Lipinski definition) is 2. The lowest BCUT2D eigenvalue weighted by molar-refractivity contribution is 0.407. The topological polar surface area (TPSA) is 21.3 Å². The van der Waals surface area contributed by atoms with E-state index in [1.165, 1.54) is 18.4 Å². The van der Waals surface area contributed by atoms with Gasteiger partial charge in [-0.2, -0.15) is 0 Å². The fourth-order valence-electron chi connectivity index (χ4n) is 1.43. The Balaban J connectivity index is 2.07. The fourth-order valence-corrected chi connectivity index (χ4v) is 1.84. The Bertz CT molecular complexity index is 323. The van der Waals surface area contributed by atoms with E-state index in [9.17, 15) is 0 Å². The van der Waals surface area contributed by atoms with E-state index in [1.807, 2.05) is 12.1 Å². The molecule has 0 bridgehead atoms.